The van der Waals surface area contributed by atoms with E-state index in [0.717, 1.165) is 43.9 Å². The first-order valence-electron chi connectivity index (χ1n) is 23.0. The molecule has 2 fully saturated rings. The first kappa shape index (κ1) is 60.2. The molecule has 406 valence electrons. The Hall–Kier alpha value is -1.70. The Morgan fingerprint density at radius 2 is 1.51 bits per heavy atom. The van der Waals surface area contributed by atoms with Crippen LogP contribution in [0.1, 0.15) is 94.2 Å². The summed E-state index contributed by atoms with van der Waals surface area (Å²) in [6.07, 6.45) is -6.01. The van der Waals surface area contributed by atoms with E-state index in [-0.39, 0.29) is 68.1 Å². The summed E-state index contributed by atoms with van der Waals surface area (Å²) >= 11 is 0. The molecule has 7 atom stereocenters. The monoisotopic (exact) mass is 1110 g/mol. The van der Waals surface area contributed by atoms with E-state index in [1.54, 1.807) is 12.1 Å². The maximum absolute atomic E-state index is 15.3. The van der Waals surface area contributed by atoms with Crippen LogP contribution in [0.3, 0.4) is 0 Å². The zero-order valence-electron chi connectivity index (χ0n) is 39.3. The van der Waals surface area contributed by atoms with Crippen molar-refractivity contribution in [1.82, 2.24) is 5.32 Å². The Morgan fingerprint density at radius 1 is 0.831 bits per heavy atom. The van der Waals surface area contributed by atoms with Gasteiger partial charge in [-0.1, -0.05) is 34.6 Å². The Labute approximate surface area is 413 Å². The number of hydrogen-bond donors (Lipinski definition) is 4. The molecule has 2 aromatic rings. The first-order valence-corrected chi connectivity index (χ1v) is 28.5. The van der Waals surface area contributed by atoms with Gasteiger partial charge in [0.2, 0.25) is 17.4 Å². The highest BCUT2D eigenvalue weighted by molar-refractivity contribution is 8.76. The Balaban J connectivity index is 1.01. The van der Waals surface area contributed by atoms with Crippen molar-refractivity contribution in [2.24, 2.45) is 23.2 Å². The van der Waals surface area contributed by atoms with Crippen LogP contribution in [0.15, 0.2) is 18.2 Å². The predicted molar refractivity (Wildman–Crippen MR) is 244 cm³/mol. The Kier molecular flexibility index (Phi) is 21.9. The van der Waals surface area contributed by atoms with E-state index in [4.69, 9.17) is 28.5 Å². The zero-order chi connectivity index (χ0) is 52.4. The van der Waals surface area contributed by atoms with Crippen molar-refractivity contribution in [2.75, 3.05) is 64.8 Å². The highest BCUT2D eigenvalue weighted by atomic mass is 33.1. The maximum atomic E-state index is 15.3. The van der Waals surface area contributed by atoms with Crippen molar-refractivity contribution >= 4 is 37.2 Å². The van der Waals surface area contributed by atoms with Crippen molar-refractivity contribution in [3.63, 3.8) is 0 Å². The van der Waals surface area contributed by atoms with Gasteiger partial charge in [0.05, 0.1) is 32.5 Å². The summed E-state index contributed by atoms with van der Waals surface area (Å²) in [5.41, 5.74) is -3.46. The number of benzene rings is 2. The summed E-state index contributed by atoms with van der Waals surface area (Å²) in [4.78, 5) is 27.3. The number of phosphoric ester groups is 2. The fraction of sp³-hybridized carbons (Fsp3) is 0.727. The fourth-order valence-corrected chi connectivity index (χ4v) is 12.5. The lowest BCUT2D eigenvalue weighted by Crippen LogP contribution is -2.56. The summed E-state index contributed by atoms with van der Waals surface area (Å²) in [7, 11) is -5.05. The second kappa shape index (κ2) is 25.9. The molecule has 3 aliphatic carbocycles. The molecular weight excluding hydrogens is 1050 g/mol. The van der Waals surface area contributed by atoms with Crippen molar-refractivity contribution < 1.29 is 100 Å². The van der Waals surface area contributed by atoms with Crippen LogP contribution in [0, 0.1) is 46.4 Å². The minimum absolute atomic E-state index is 0.00173. The van der Waals surface area contributed by atoms with Crippen LogP contribution in [0.25, 0.3) is 0 Å². The van der Waals surface area contributed by atoms with Gasteiger partial charge in [-0.25, -0.2) is 17.9 Å². The molecule has 0 radical (unpaired) electrons. The maximum Gasteiger partial charge on any atom is 0.471 e. The number of phosphoric acid groups is 2. The molecule has 13 nitrogen and oxygen atoms in total. The van der Waals surface area contributed by atoms with Gasteiger partial charge >= 0.3 is 28.0 Å². The van der Waals surface area contributed by atoms with Crippen LogP contribution in [0.4, 0.5) is 43.9 Å². The van der Waals surface area contributed by atoms with E-state index in [0.29, 0.717) is 56.8 Å². The van der Waals surface area contributed by atoms with Crippen molar-refractivity contribution in [2.45, 2.75) is 115 Å². The third-order valence-corrected chi connectivity index (χ3v) is 17.5. The van der Waals surface area contributed by atoms with Crippen molar-refractivity contribution in [3.8, 4) is 11.5 Å². The lowest BCUT2D eigenvalue weighted by atomic mass is 9.55. The smallest absolute Gasteiger partial charge is 0.451 e. The van der Waals surface area contributed by atoms with Crippen LogP contribution in [-0.4, -0.2) is 104 Å². The molecule has 0 aliphatic heterocycles. The molecule has 71 heavy (non-hydrogen) atoms. The van der Waals surface area contributed by atoms with Gasteiger partial charge in [-0.3, -0.25) is 13.6 Å². The quantitative estimate of drug-likeness (QED) is 0.0199. The highest BCUT2D eigenvalue weighted by Gasteiger charge is 2.69. The minimum Gasteiger partial charge on any atom is -0.451 e. The normalized spacial score (nSPS) is 23.0. The van der Waals surface area contributed by atoms with Crippen LogP contribution >= 0.6 is 37.2 Å². The van der Waals surface area contributed by atoms with E-state index in [2.05, 4.69) is 26.0 Å². The lowest BCUT2D eigenvalue weighted by Gasteiger charge is -2.50. The number of hydrogen-bond acceptors (Lipinski definition) is 12. The Morgan fingerprint density at radius 3 is 2.17 bits per heavy atom. The lowest BCUT2D eigenvalue weighted by molar-refractivity contribution is -0.374. The molecule has 0 bridgehead atoms. The second-order valence-electron chi connectivity index (χ2n) is 18.2. The molecule has 0 spiro atoms. The molecule has 0 aromatic heterocycles. The van der Waals surface area contributed by atoms with Gasteiger partial charge < -0.3 is 38.9 Å². The third kappa shape index (κ3) is 15.9. The molecule has 0 amide bonds. The zero-order valence-corrected chi connectivity index (χ0v) is 42.7. The molecule has 3 aliphatic rings. The number of aryl methyl sites for hydroxylation is 1. The summed E-state index contributed by atoms with van der Waals surface area (Å²) in [5, 5.41) is 2.81. The second-order valence-corrected chi connectivity index (χ2v) is 23.7. The number of halogens is 10. The predicted octanol–water partition coefficient (Wildman–Crippen LogP) is 11.7. The molecular formula is C44H61F10NO12P2S2. The number of rotatable bonds is 29. The van der Waals surface area contributed by atoms with E-state index in [9.17, 15) is 40.4 Å². The largest absolute Gasteiger partial charge is 0.471 e. The van der Waals surface area contributed by atoms with E-state index < -0.39 is 93.9 Å². The van der Waals surface area contributed by atoms with Crippen molar-refractivity contribution in [1.29, 1.82) is 0 Å². The molecule has 2 aromatic carbocycles. The van der Waals surface area contributed by atoms with Gasteiger partial charge in [-0.2, -0.15) is 35.1 Å². The van der Waals surface area contributed by atoms with Crippen molar-refractivity contribution in [3.05, 3.63) is 58.2 Å². The molecule has 0 heterocycles. The number of fused-ring (bicyclic) bond motifs is 5. The summed E-state index contributed by atoms with van der Waals surface area (Å²) < 4.78 is 198. The van der Waals surface area contributed by atoms with Gasteiger partial charge in [-0.05, 0) is 124 Å². The fourth-order valence-electron chi connectivity index (χ4n) is 9.68. The molecule has 4 N–H and O–H groups in total. The average Bonchev–Trinajstić information content (AvgIpc) is 3.64. The minimum atomic E-state index is -5.64. The van der Waals surface area contributed by atoms with Gasteiger partial charge in [0, 0.05) is 49.9 Å². The van der Waals surface area contributed by atoms with Crippen LogP contribution in [0.2, 0.25) is 0 Å². The molecule has 7 unspecified atom stereocenters. The van der Waals surface area contributed by atoms with Crippen LogP contribution < -0.4 is 10.1 Å². The highest BCUT2D eigenvalue weighted by Crippen LogP contribution is 2.62. The number of ether oxygens (including phenoxy) is 4. The molecule has 5 rings (SSSR count). The molecule has 2 saturated carbocycles. The summed E-state index contributed by atoms with van der Waals surface area (Å²) in [6, 6.07) is 4.93. The van der Waals surface area contributed by atoms with Crippen LogP contribution in [-0.2, 0) is 49.9 Å². The first-order chi connectivity index (χ1) is 33.2. The van der Waals surface area contributed by atoms with Gasteiger partial charge in [0.25, 0.3) is 5.60 Å². The Bertz CT molecular complexity index is 2120. The van der Waals surface area contributed by atoms with E-state index in [1.807, 2.05) is 0 Å². The van der Waals surface area contributed by atoms with Gasteiger partial charge in [0.1, 0.15) is 5.75 Å². The number of nitrogens with one attached hydrogen (secondary N) is 1. The number of alkyl halides is 6. The standard InChI is InChI=1S/C44H61F10NO12P2S2/c1-41-15-14-31-30-11-9-29(23-28(30)8-10-32(31)34(41)12-13-35(41)63-18-6-19-64-42(2,43(49,50)51)44(52,53)54)67-40-38(47)36(45)33(37(46)39(40)48)24-55-16-5-21-70-71-22-20-62-17-4-7-27(25-65-68(56,57)58)26-66-69(59,60)61-3/h9,11,23,27,31-32,34-35,55H,4-8,10,12-22,24-26H2,1-3H3,(H,59,60)(H2,56,57,58). The van der Waals surface area contributed by atoms with Gasteiger partial charge in [-0.15, -0.1) is 0 Å². The topological polar surface area (TPSA) is 171 Å². The summed E-state index contributed by atoms with van der Waals surface area (Å²) in [6.45, 7) is 0.945. The summed E-state index contributed by atoms with van der Waals surface area (Å²) in [5.74, 6) is -6.48. The van der Waals surface area contributed by atoms with Gasteiger partial charge in [0.15, 0.2) is 11.6 Å². The third-order valence-electron chi connectivity index (χ3n) is 13.6. The molecule has 0 saturated heterocycles. The van der Waals surface area contributed by atoms with E-state index >= 15 is 17.6 Å². The SMILES string of the molecule is COP(=O)(O)OCC(CCCOCCSSCCCNCc1c(F)c(F)c(Oc2ccc3c(c2)CCC2C3CCC3(C)C(OCCCOC(C)(C(F)(F)F)C(F)(F)F)CCC23)c(F)c1F)COP(=O)(O)O. The molecule has 27 heteroatoms. The van der Waals surface area contributed by atoms with Crippen LogP contribution in [0.5, 0.6) is 11.5 Å². The van der Waals surface area contributed by atoms with E-state index in [1.165, 1.54) is 27.7 Å². The average molecular weight is 1110 g/mol.